The van der Waals surface area contributed by atoms with Crippen LogP contribution in [0.2, 0.25) is 0 Å². The fraction of sp³-hybridized carbons (Fsp3) is 0. The van der Waals surface area contributed by atoms with Crippen molar-refractivity contribution in [2.45, 2.75) is 0 Å². The summed E-state index contributed by atoms with van der Waals surface area (Å²) in [5.41, 5.74) is 0. The Morgan fingerprint density at radius 2 is 1.67 bits per heavy atom. The molecule has 0 aromatic carbocycles. The van der Waals surface area contributed by atoms with Crippen molar-refractivity contribution in [2.24, 2.45) is 0 Å². The monoisotopic (exact) mass is 116 g/mol. The third-order valence-electron chi connectivity index (χ3n) is 0.154. The van der Waals surface area contributed by atoms with Crippen LogP contribution in [-0.4, -0.2) is 0 Å². The van der Waals surface area contributed by atoms with Gasteiger partial charge in [0.1, 0.15) is 0 Å². The van der Waals surface area contributed by atoms with Gasteiger partial charge in [-0.2, -0.15) is 23.2 Å². The van der Waals surface area contributed by atoms with Crippen molar-refractivity contribution >= 4 is 23.2 Å². The van der Waals surface area contributed by atoms with Crippen LogP contribution in [0.1, 0.15) is 0 Å². The van der Waals surface area contributed by atoms with E-state index >= 15 is 0 Å². The Morgan fingerprint density at radius 3 is 1.67 bits per heavy atom. The second-order valence-corrected chi connectivity index (χ2v) is 1.50. The van der Waals surface area contributed by atoms with E-state index < -0.39 is 0 Å². The predicted octanol–water partition coefficient (Wildman–Crippen LogP) is -0.857. The van der Waals surface area contributed by atoms with Crippen molar-refractivity contribution in [3.63, 3.8) is 0 Å². The van der Waals surface area contributed by atoms with Gasteiger partial charge in [0.05, 0.1) is 0 Å². The van der Waals surface area contributed by atoms with Gasteiger partial charge in [-0.25, -0.2) is 12.7 Å². The molecule has 0 aliphatic rings. The van der Waals surface area contributed by atoms with E-state index in [4.69, 9.17) is 23.2 Å². The number of rotatable bonds is 1. The predicted molar refractivity (Wildman–Crippen MR) is 25.1 cm³/mol. The minimum Gasteiger partial charge on any atom is -0.243 e. The molecule has 0 spiro atoms. The normalized spacial score (nSPS) is 5.67. The Morgan fingerprint density at radius 1 is 1.50 bits per heavy atom. The molecule has 0 atom stereocenters. The molecule has 0 aromatic heterocycles. The fourth-order valence-corrected chi connectivity index (χ4v) is 0. The van der Waals surface area contributed by atoms with E-state index in [-0.39, 0.29) is 23.7 Å². The molecule has 0 nitrogen and oxygen atoms in total. The van der Waals surface area contributed by atoms with E-state index in [1.807, 2.05) is 0 Å². The van der Waals surface area contributed by atoms with E-state index in [1.165, 1.54) is 6.08 Å². The zero-order chi connectivity index (χ0) is 4.28. The summed E-state index contributed by atoms with van der Waals surface area (Å²) < 4.78 is 0. The molecule has 0 saturated carbocycles. The quantitative estimate of drug-likeness (QED) is 0.309. The van der Waals surface area contributed by atoms with Gasteiger partial charge < -0.3 is 0 Å². The van der Waals surface area contributed by atoms with Gasteiger partial charge >= 0.3 is 18.9 Å². The average Bonchev–Trinajstić information content (AvgIpc) is 1.38. The van der Waals surface area contributed by atoms with E-state index in [2.05, 4.69) is 6.58 Å². The summed E-state index contributed by atoms with van der Waals surface area (Å²) in [6.45, 7) is 3.26. The van der Waals surface area contributed by atoms with Gasteiger partial charge in [0.15, 0.2) is 0 Å². The molecule has 0 unspecified atom stereocenters. The maximum atomic E-state index is 5.03. The molecule has 30 valence electrons. The van der Waals surface area contributed by atoms with Gasteiger partial charge in [-0.1, -0.05) is 0 Å². The molecule has 0 amide bonds. The van der Waals surface area contributed by atoms with Gasteiger partial charge in [0.25, 0.3) is 0 Å². The Labute approximate surface area is 59.7 Å². The molecule has 6 heavy (non-hydrogen) atoms. The standard InChI is InChI=1S/C3H3Cl2.Li/c1-2-3(4)5;/h2H,1H2;/q-1;+1. The van der Waals surface area contributed by atoms with E-state index in [0.29, 0.717) is 0 Å². The van der Waals surface area contributed by atoms with Crippen LogP contribution in [-0.2, 0) is 0 Å². The molecule has 0 aliphatic heterocycles. The number of allylic oxidation sites excluding steroid dienone is 1. The summed E-state index contributed by atoms with van der Waals surface area (Å²) >= 11 is 10.1. The Hall–Kier alpha value is 0.787. The molecule has 3 heteroatoms. The number of hydrogen-bond acceptors (Lipinski definition) is 0. The SMILES string of the molecule is C=C[C-](Cl)Cl.[Li+]. The van der Waals surface area contributed by atoms with Crippen LogP contribution >= 0.6 is 23.2 Å². The topological polar surface area (TPSA) is 0 Å². The second kappa shape index (κ2) is 5.79. The maximum Gasteiger partial charge on any atom is 1.00 e. The molecular formula is C3H3Cl2Li. The Kier molecular flexibility index (Phi) is 9.57. The van der Waals surface area contributed by atoms with Crippen LogP contribution in [0.4, 0.5) is 0 Å². The average molecular weight is 117 g/mol. The fourth-order valence-electron chi connectivity index (χ4n) is 0. The summed E-state index contributed by atoms with van der Waals surface area (Å²) in [5, 5.41) is 0. The molecular weight excluding hydrogens is 114 g/mol. The van der Waals surface area contributed by atoms with Gasteiger partial charge in [0, 0.05) is 0 Å². The molecule has 0 N–H and O–H groups in total. The molecule has 0 fully saturated rings. The molecule has 0 bridgehead atoms. The minimum atomic E-state index is 0. The molecule has 0 aliphatic carbocycles. The van der Waals surface area contributed by atoms with Crippen molar-refractivity contribution in [1.82, 2.24) is 0 Å². The summed E-state index contributed by atoms with van der Waals surface area (Å²) in [5.74, 6) is 0. The van der Waals surface area contributed by atoms with Gasteiger partial charge in [-0.15, -0.1) is 0 Å². The third-order valence-corrected chi connectivity index (χ3v) is 0.463. The van der Waals surface area contributed by atoms with Crippen molar-refractivity contribution in [2.75, 3.05) is 0 Å². The van der Waals surface area contributed by atoms with Crippen LogP contribution in [0.5, 0.6) is 0 Å². The van der Waals surface area contributed by atoms with Crippen molar-refractivity contribution < 1.29 is 18.9 Å². The first-order valence-corrected chi connectivity index (χ1v) is 1.83. The molecule has 0 radical (unpaired) electrons. The minimum absolute atomic E-state index is 0. The largest absolute Gasteiger partial charge is 1.00 e. The smallest absolute Gasteiger partial charge is 0.243 e. The number of halogens is 2. The Bertz CT molecular complexity index is 35.8. The zero-order valence-corrected chi connectivity index (χ0v) is 5.05. The van der Waals surface area contributed by atoms with Gasteiger partial charge in [-0.3, -0.25) is 0 Å². The second-order valence-electron chi connectivity index (χ2n) is 0.494. The van der Waals surface area contributed by atoms with Crippen molar-refractivity contribution in [3.8, 4) is 0 Å². The summed E-state index contributed by atoms with van der Waals surface area (Å²) in [4.78, 5) is 0.213. The number of hydrogen-bond donors (Lipinski definition) is 0. The first kappa shape index (κ1) is 9.92. The van der Waals surface area contributed by atoms with Crippen molar-refractivity contribution in [3.05, 3.63) is 17.5 Å². The summed E-state index contributed by atoms with van der Waals surface area (Å²) in [6, 6.07) is 0. The Balaban J connectivity index is 0. The third kappa shape index (κ3) is 8.84. The van der Waals surface area contributed by atoms with E-state index in [0.717, 1.165) is 0 Å². The van der Waals surface area contributed by atoms with Crippen LogP contribution in [0.15, 0.2) is 12.7 Å². The van der Waals surface area contributed by atoms with E-state index in [9.17, 15) is 0 Å². The van der Waals surface area contributed by atoms with Crippen LogP contribution in [0.3, 0.4) is 0 Å². The summed E-state index contributed by atoms with van der Waals surface area (Å²) in [7, 11) is 0. The molecule has 0 heterocycles. The van der Waals surface area contributed by atoms with Crippen LogP contribution in [0.25, 0.3) is 0 Å². The van der Waals surface area contributed by atoms with Crippen molar-refractivity contribution in [1.29, 1.82) is 0 Å². The molecule has 0 rings (SSSR count). The van der Waals surface area contributed by atoms with E-state index in [1.54, 1.807) is 0 Å². The first-order valence-electron chi connectivity index (χ1n) is 1.07. The first-order chi connectivity index (χ1) is 2.27. The van der Waals surface area contributed by atoms with Crippen LogP contribution in [0, 0.1) is 4.84 Å². The maximum absolute atomic E-state index is 5.03. The van der Waals surface area contributed by atoms with Gasteiger partial charge in [0.2, 0.25) is 0 Å². The van der Waals surface area contributed by atoms with Gasteiger partial charge in [-0.05, 0) is 4.84 Å². The summed E-state index contributed by atoms with van der Waals surface area (Å²) in [6.07, 6.45) is 1.36. The van der Waals surface area contributed by atoms with Crippen LogP contribution < -0.4 is 18.9 Å². The molecule has 0 aromatic rings. The zero-order valence-electron chi connectivity index (χ0n) is 3.54. The molecule has 0 saturated heterocycles.